The lowest BCUT2D eigenvalue weighted by Gasteiger charge is -2.10. The number of benzene rings is 9. The zero-order valence-electron chi connectivity index (χ0n) is 76.3. The van der Waals surface area contributed by atoms with Crippen molar-refractivity contribution in [3.8, 4) is 28.4 Å². The monoisotopic (exact) mass is 1720 g/mol. The molecule has 9 rings (SSSR count). The zero-order valence-corrected chi connectivity index (χ0v) is 76.3. The van der Waals surface area contributed by atoms with Crippen LogP contribution in [-0.2, 0) is 69.8 Å². The molecule has 0 amide bonds. The van der Waals surface area contributed by atoms with Gasteiger partial charge in [-0.2, -0.15) is 9.59 Å². The molecule has 0 unspecified atom stereocenters. The lowest BCUT2D eigenvalue weighted by Crippen LogP contribution is -2.12. The van der Waals surface area contributed by atoms with Crippen LogP contribution in [0.15, 0.2) is 164 Å². The summed E-state index contributed by atoms with van der Waals surface area (Å²) in [6.45, 7) is 43.5. The van der Waals surface area contributed by atoms with E-state index in [2.05, 4.69) is 89.2 Å². The molecule has 0 saturated heterocycles. The molecule has 23 nitrogen and oxygen atoms in total. The first-order chi connectivity index (χ1) is 59.4. The van der Waals surface area contributed by atoms with Gasteiger partial charge in [-0.05, 0) is 244 Å². The van der Waals surface area contributed by atoms with Gasteiger partial charge in [-0.25, -0.2) is 9.59 Å². The fourth-order valence-corrected chi connectivity index (χ4v) is 11.0. The molecular weight excluding hydrogens is 1580 g/mol. The zero-order chi connectivity index (χ0) is 92.4. The Morgan fingerprint density at radius 1 is 0.306 bits per heavy atom. The quantitative estimate of drug-likeness (QED) is 0.0176. The SMILES string of the molecule is COCCOCCOCCOc1cc(C)ccc1C.COCCOCCOCCc1cc(C)ccc1C.Cc1ccc(-c2ccc(C)c(O)c2)c(C(=O)O)c1.Cc1ccc(C)c(C(=O)O)c1.Cc1ccc(C)c(C=O)c1.Cc1ccc(C)c(C=O)c1.Cc1ccc(C)c(CCOCCOCCO)c1.Cc1ccc(C)c(OCCOCCOCCO)c1.O=C=O. The Morgan fingerprint density at radius 3 is 0.919 bits per heavy atom. The Morgan fingerprint density at radius 2 is 0.589 bits per heavy atom. The smallest absolute Gasteiger partial charge is 0.373 e. The predicted octanol–water partition coefficient (Wildman–Crippen LogP) is 17.5. The summed E-state index contributed by atoms with van der Waals surface area (Å²) in [6.07, 6.45) is 3.93. The average molecular weight is 1720 g/mol. The predicted molar refractivity (Wildman–Crippen MR) is 487 cm³/mol. The molecule has 0 aliphatic heterocycles. The van der Waals surface area contributed by atoms with Gasteiger partial charge < -0.3 is 82.4 Å². The minimum atomic E-state index is -0.964. The van der Waals surface area contributed by atoms with Crippen molar-refractivity contribution in [2.24, 2.45) is 0 Å². The number of aliphatic hydroxyl groups is 2. The van der Waals surface area contributed by atoms with Gasteiger partial charge >= 0.3 is 18.1 Å². The molecule has 5 N–H and O–H groups in total. The minimum absolute atomic E-state index is 0.0513. The number of ether oxygens (including phenoxy) is 12. The van der Waals surface area contributed by atoms with Gasteiger partial charge in [0.15, 0.2) is 0 Å². The second-order valence-corrected chi connectivity index (χ2v) is 28.9. The maximum atomic E-state index is 11.2. The van der Waals surface area contributed by atoms with Crippen molar-refractivity contribution in [3.63, 3.8) is 0 Å². The summed E-state index contributed by atoms with van der Waals surface area (Å²) >= 11 is 0. The topological polar surface area (TPSA) is 314 Å². The van der Waals surface area contributed by atoms with E-state index in [-0.39, 0.29) is 30.7 Å². The molecule has 0 aromatic heterocycles. The van der Waals surface area contributed by atoms with Crippen molar-refractivity contribution in [2.45, 2.75) is 124 Å². The number of phenols is 1. The van der Waals surface area contributed by atoms with Crippen LogP contribution in [0.5, 0.6) is 17.2 Å². The molecule has 0 aliphatic rings. The number of carboxylic acid groups (broad SMARTS) is 2. The lowest BCUT2D eigenvalue weighted by molar-refractivity contribution is -0.191. The van der Waals surface area contributed by atoms with E-state index in [1.54, 1.807) is 58.4 Å². The average Bonchev–Trinajstić information content (AvgIpc) is 0.809. The number of hydrogen-bond acceptors (Lipinski definition) is 21. The Hall–Kier alpha value is -10.4. The van der Waals surface area contributed by atoms with Gasteiger partial charge in [-0.1, -0.05) is 155 Å². The number of rotatable bonds is 41. The van der Waals surface area contributed by atoms with Crippen molar-refractivity contribution in [1.29, 1.82) is 0 Å². The first-order valence-electron chi connectivity index (χ1n) is 41.3. The van der Waals surface area contributed by atoms with E-state index in [1.807, 2.05) is 141 Å². The first kappa shape index (κ1) is 112. The third-order valence-electron chi connectivity index (χ3n) is 18.2. The summed E-state index contributed by atoms with van der Waals surface area (Å²) in [5, 5.41) is 44.6. The van der Waals surface area contributed by atoms with Crippen LogP contribution in [0.4, 0.5) is 0 Å². The summed E-state index contributed by atoms with van der Waals surface area (Å²) in [4.78, 5) is 58.8. The third-order valence-corrected chi connectivity index (χ3v) is 18.2. The van der Waals surface area contributed by atoms with Gasteiger partial charge in [0.05, 0.1) is 143 Å². The number of carboxylic acids is 2. The number of phenolic OH excluding ortho intramolecular Hbond substituents is 1. The van der Waals surface area contributed by atoms with E-state index >= 15 is 0 Å². The minimum Gasteiger partial charge on any atom is -0.508 e. The molecule has 0 saturated carbocycles. The number of methoxy groups -OCH3 is 2. The number of aromatic hydroxyl groups is 1. The summed E-state index contributed by atoms with van der Waals surface area (Å²) in [6, 6.07) is 52.9. The number of carbonyl (C=O) groups is 4. The fourth-order valence-electron chi connectivity index (χ4n) is 11.0. The van der Waals surface area contributed by atoms with Crippen molar-refractivity contribution in [2.75, 3.05) is 160 Å². The Bertz CT molecular complexity index is 4390. The van der Waals surface area contributed by atoms with Crippen molar-refractivity contribution in [1.82, 2.24) is 0 Å². The van der Waals surface area contributed by atoms with E-state index in [0.29, 0.717) is 142 Å². The standard InChI is InChI=1S/C15H24O4.C15H14O3.C15H24O3.C14H22O4.C14H22O3.C9H10O2.2C9H10O.CO2/c1-13-4-5-14(2)15(12-13)19-11-10-18-9-8-17-7-6-16-3;1-9-3-6-12(13(7-9)15(17)18)11-5-4-10(2)14(16)8-11;1-13-4-5-14(2)15(12-13)6-7-17-10-11-18-9-8-16-3;1-12-3-4-13(2)14(11-12)18-10-9-17-8-7-16-6-5-15;1-12-3-4-13(2)14(11-12)5-7-16-9-10-17-8-6-15;1-6-3-4-7(2)8(5-6)9(10)11;2*1-7-3-4-8(2)9(5-7)6-10;2-1-3/h4-5,12H,6-11H2,1-3H3;3-8,16H,1-2H3,(H,17,18);4-5,12H,6-11H2,1-3H3;3-4,11,15H,5-10H2,1-2H3;3-4,11,15H,5-10H2,1-2H3;3-5H,1-2H3,(H,10,11);2*3-6H,1-2H3;. The van der Waals surface area contributed by atoms with Gasteiger partial charge in [0.2, 0.25) is 0 Å². The van der Waals surface area contributed by atoms with Crippen LogP contribution < -0.4 is 9.47 Å². The number of aldehydes is 2. The number of aromatic carboxylic acids is 2. The maximum absolute atomic E-state index is 11.2. The van der Waals surface area contributed by atoms with Crippen LogP contribution in [-0.4, -0.2) is 216 Å². The van der Waals surface area contributed by atoms with E-state index in [0.717, 1.165) is 110 Å². The second kappa shape index (κ2) is 68.9. The van der Waals surface area contributed by atoms with Crippen LogP contribution in [0.3, 0.4) is 0 Å². The van der Waals surface area contributed by atoms with Gasteiger partial charge in [-0.15, -0.1) is 0 Å². The van der Waals surface area contributed by atoms with Crippen molar-refractivity contribution < 1.29 is 111 Å². The molecule has 0 heterocycles. The Labute approximate surface area is 735 Å². The van der Waals surface area contributed by atoms with Crippen molar-refractivity contribution >= 4 is 30.7 Å². The summed E-state index contributed by atoms with van der Waals surface area (Å²) in [5.74, 6) is 0.194. The molecule has 0 fully saturated rings. The highest BCUT2D eigenvalue weighted by Crippen LogP contribution is 2.30. The van der Waals surface area contributed by atoms with Gasteiger partial charge in [0, 0.05) is 25.3 Å². The van der Waals surface area contributed by atoms with Crippen LogP contribution in [0.25, 0.3) is 11.1 Å². The second-order valence-electron chi connectivity index (χ2n) is 28.9. The van der Waals surface area contributed by atoms with Crippen molar-refractivity contribution in [3.05, 3.63) is 286 Å². The molecule has 0 bridgehead atoms. The van der Waals surface area contributed by atoms with Gasteiger partial charge in [-0.3, -0.25) is 9.59 Å². The Kier molecular flexibility index (Phi) is 62.0. The van der Waals surface area contributed by atoms with Crippen LogP contribution in [0, 0.1) is 111 Å². The Balaban J connectivity index is 0.000000712. The highest BCUT2D eigenvalue weighted by molar-refractivity contribution is 5.96. The molecule has 124 heavy (non-hydrogen) atoms. The molecule has 9 aromatic rings. The number of aryl methyl sites for hydroxylation is 16. The molecule has 9 aromatic carbocycles. The number of carbonyl (C=O) groups excluding carboxylic acids is 4. The first-order valence-corrected chi connectivity index (χ1v) is 41.3. The normalized spacial score (nSPS) is 10.2. The number of hydrogen-bond donors (Lipinski definition) is 5. The van der Waals surface area contributed by atoms with Crippen LogP contribution in [0.2, 0.25) is 0 Å². The van der Waals surface area contributed by atoms with E-state index in [4.69, 9.17) is 81.8 Å². The van der Waals surface area contributed by atoms with E-state index < -0.39 is 11.9 Å². The summed E-state index contributed by atoms with van der Waals surface area (Å²) in [5.41, 5.74) is 24.0. The molecular formula is C101H136O23. The molecule has 0 atom stereocenters. The van der Waals surface area contributed by atoms with E-state index in [1.165, 1.54) is 44.5 Å². The largest absolute Gasteiger partial charge is 0.508 e. The summed E-state index contributed by atoms with van der Waals surface area (Å²) in [7, 11) is 3.33. The molecule has 0 radical (unpaired) electrons. The maximum Gasteiger partial charge on any atom is 0.373 e. The number of aliphatic hydroxyl groups excluding tert-OH is 2. The molecule has 0 aliphatic carbocycles. The molecule has 678 valence electrons. The third kappa shape index (κ3) is 51.6. The fraction of sp³-hybridized carbons (Fsp3) is 0.416. The van der Waals surface area contributed by atoms with E-state index in [9.17, 15) is 29.4 Å². The lowest BCUT2D eigenvalue weighted by atomic mass is 9.97. The summed E-state index contributed by atoms with van der Waals surface area (Å²) < 4.78 is 63.6. The van der Waals surface area contributed by atoms with Gasteiger partial charge in [0.1, 0.15) is 43.0 Å². The van der Waals surface area contributed by atoms with Crippen LogP contribution >= 0.6 is 0 Å². The highest BCUT2D eigenvalue weighted by atomic mass is 16.6. The molecule has 0 spiro atoms. The van der Waals surface area contributed by atoms with Gasteiger partial charge in [0.25, 0.3) is 0 Å². The molecule has 23 heteroatoms. The van der Waals surface area contributed by atoms with Crippen LogP contribution in [0.1, 0.15) is 142 Å². The highest BCUT2D eigenvalue weighted by Gasteiger charge is 2.14.